The Morgan fingerprint density at radius 3 is 2.34 bits per heavy atom. The van der Waals surface area contributed by atoms with Gasteiger partial charge in [0.05, 0.1) is 27.5 Å². The van der Waals surface area contributed by atoms with Crippen molar-refractivity contribution in [2.45, 2.75) is 36.9 Å². The molecule has 2 aliphatic rings. The summed E-state index contributed by atoms with van der Waals surface area (Å²) in [5.74, 6) is -1.04. The Balaban J connectivity index is 1.37. The number of sulfonamides is 1. The van der Waals surface area contributed by atoms with Gasteiger partial charge in [-0.3, -0.25) is 9.78 Å². The van der Waals surface area contributed by atoms with Crippen molar-refractivity contribution in [1.29, 1.82) is 0 Å². The third-order valence-corrected chi connectivity index (χ3v) is 9.39. The van der Waals surface area contributed by atoms with Crippen LogP contribution in [0.2, 0.25) is 10.0 Å². The van der Waals surface area contributed by atoms with Crippen LogP contribution < -0.4 is 9.47 Å². The SMILES string of the molecule is O=C(O[C@@H](Cc1c(Cl)cncc1Cl)c1ccc(OC(F)F)c(OCC2CC2)c1)C1CN(S(=O)(=O)c2ccccc2)C1. The maximum atomic E-state index is 13.2. The van der Waals surface area contributed by atoms with E-state index in [0.717, 1.165) is 12.8 Å². The third-order valence-electron chi connectivity index (χ3n) is 6.89. The fourth-order valence-electron chi connectivity index (χ4n) is 4.33. The highest BCUT2D eigenvalue weighted by Crippen LogP contribution is 2.38. The number of hydrogen-bond acceptors (Lipinski definition) is 7. The van der Waals surface area contributed by atoms with E-state index >= 15 is 0 Å². The first-order valence-corrected chi connectivity index (χ1v) is 15.1. The number of halogens is 4. The molecule has 3 aromatic rings. The number of carbonyl (C=O) groups is 1. The molecule has 0 unspecified atom stereocenters. The molecule has 0 radical (unpaired) electrons. The molecule has 218 valence electrons. The molecule has 0 spiro atoms. The molecule has 2 fully saturated rings. The zero-order valence-electron chi connectivity index (χ0n) is 21.6. The zero-order valence-corrected chi connectivity index (χ0v) is 23.9. The van der Waals surface area contributed by atoms with Gasteiger partial charge in [0.15, 0.2) is 11.5 Å². The molecule has 0 amide bonds. The number of carbonyl (C=O) groups excluding carboxylic acids is 1. The summed E-state index contributed by atoms with van der Waals surface area (Å²) in [6.45, 7) is -2.81. The minimum atomic E-state index is -3.75. The van der Waals surface area contributed by atoms with Crippen molar-refractivity contribution in [3.63, 3.8) is 0 Å². The van der Waals surface area contributed by atoms with E-state index in [4.69, 9.17) is 32.7 Å². The van der Waals surface area contributed by atoms with Gasteiger partial charge in [0, 0.05) is 31.9 Å². The van der Waals surface area contributed by atoms with E-state index in [1.807, 2.05) is 0 Å². The van der Waals surface area contributed by atoms with E-state index in [1.54, 1.807) is 18.2 Å². The second kappa shape index (κ2) is 12.5. The lowest BCUT2D eigenvalue weighted by Gasteiger charge is -2.37. The normalized spacial score (nSPS) is 16.7. The van der Waals surface area contributed by atoms with E-state index in [0.29, 0.717) is 23.7 Å². The van der Waals surface area contributed by atoms with E-state index in [9.17, 15) is 22.0 Å². The Bertz CT molecular complexity index is 1480. The van der Waals surface area contributed by atoms with Gasteiger partial charge in [-0.1, -0.05) is 47.5 Å². The second-order valence-electron chi connectivity index (χ2n) is 9.88. The highest BCUT2D eigenvalue weighted by Gasteiger charge is 2.42. The highest BCUT2D eigenvalue weighted by atomic mass is 35.5. The van der Waals surface area contributed by atoms with Crippen LogP contribution >= 0.6 is 23.2 Å². The van der Waals surface area contributed by atoms with Crippen LogP contribution in [-0.2, 0) is 26.0 Å². The van der Waals surface area contributed by atoms with E-state index in [2.05, 4.69) is 9.72 Å². The van der Waals surface area contributed by atoms with Crippen LogP contribution in [0.4, 0.5) is 8.78 Å². The van der Waals surface area contributed by atoms with Gasteiger partial charge in [-0.25, -0.2) is 8.42 Å². The van der Waals surface area contributed by atoms with Crippen LogP contribution in [0.15, 0.2) is 65.8 Å². The first-order chi connectivity index (χ1) is 19.6. The van der Waals surface area contributed by atoms with Gasteiger partial charge in [-0.15, -0.1) is 0 Å². The molecule has 0 N–H and O–H groups in total. The van der Waals surface area contributed by atoms with Crippen LogP contribution in [0.5, 0.6) is 11.5 Å². The van der Waals surface area contributed by atoms with Gasteiger partial charge >= 0.3 is 12.6 Å². The number of benzene rings is 2. The molecule has 1 saturated heterocycles. The summed E-state index contributed by atoms with van der Waals surface area (Å²) in [4.78, 5) is 17.3. The predicted octanol–water partition coefficient (Wildman–Crippen LogP) is 5.93. The topological polar surface area (TPSA) is 95.0 Å². The average Bonchev–Trinajstić information content (AvgIpc) is 3.73. The molecule has 5 rings (SSSR count). The number of ether oxygens (including phenoxy) is 3. The fraction of sp³-hybridized carbons (Fsp3) is 0.357. The maximum absolute atomic E-state index is 13.2. The first kappa shape index (κ1) is 29.5. The number of alkyl halides is 2. The van der Waals surface area contributed by atoms with Crippen LogP contribution in [0.25, 0.3) is 0 Å². The number of rotatable bonds is 12. The largest absolute Gasteiger partial charge is 0.489 e. The summed E-state index contributed by atoms with van der Waals surface area (Å²) in [6.07, 6.45) is 3.88. The molecule has 13 heteroatoms. The number of pyridine rings is 1. The number of nitrogens with zero attached hydrogens (tertiary/aromatic N) is 2. The van der Waals surface area contributed by atoms with Crippen molar-refractivity contribution in [2.24, 2.45) is 11.8 Å². The van der Waals surface area contributed by atoms with Crippen molar-refractivity contribution in [2.75, 3.05) is 19.7 Å². The molecular formula is C28H26Cl2F2N2O6S. The monoisotopic (exact) mass is 626 g/mol. The molecule has 1 aromatic heterocycles. The summed E-state index contributed by atoms with van der Waals surface area (Å²) in [7, 11) is -3.75. The number of aromatic nitrogens is 1. The molecule has 1 atom stereocenters. The van der Waals surface area contributed by atoms with Crippen molar-refractivity contribution >= 4 is 39.2 Å². The first-order valence-electron chi connectivity index (χ1n) is 12.9. The van der Waals surface area contributed by atoms with Gasteiger partial charge in [0.1, 0.15) is 6.10 Å². The molecule has 1 aliphatic heterocycles. The van der Waals surface area contributed by atoms with Crippen molar-refractivity contribution in [3.8, 4) is 11.5 Å². The maximum Gasteiger partial charge on any atom is 0.387 e. The average molecular weight is 627 g/mol. The summed E-state index contributed by atoms with van der Waals surface area (Å²) in [6, 6.07) is 12.3. The molecule has 1 saturated carbocycles. The quantitative estimate of drug-likeness (QED) is 0.230. The zero-order chi connectivity index (χ0) is 29.1. The van der Waals surface area contributed by atoms with Crippen molar-refractivity contribution in [3.05, 3.63) is 82.1 Å². The molecule has 41 heavy (non-hydrogen) atoms. The molecule has 0 bridgehead atoms. The van der Waals surface area contributed by atoms with Crippen LogP contribution in [0.1, 0.15) is 30.1 Å². The lowest BCUT2D eigenvalue weighted by atomic mass is 10.00. The van der Waals surface area contributed by atoms with E-state index < -0.39 is 34.6 Å². The van der Waals surface area contributed by atoms with Gasteiger partial charge in [-0.05, 0) is 54.2 Å². The lowest BCUT2D eigenvalue weighted by molar-refractivity contribution is -0.158. The van der Waals surface area contributed by atoms with Crippen LogP contribution in [0, 0.1) is 11.8 Å². The summed E-state index contributed by atoms with van der Waals surface area (Å²) in [5.41, 5.74) is 0.902. The van der Waals surface area contributed by atoms with E-state index in [1.165, 1.54) is 47.0 Å². The molecule has 8 nitrogen and oxygen atoms in total. The standard InChI is InChI=1S/C28H26Cl2F2N2O6S/c29-22-12-33-13-23(30)21(22)11-25(18-8-9-24(40-28(31)32)26(10-18)38-16-17-6-7-17)39-27(35)19-14-34(15-19)41(36,37)20-4-2-1-3-5-20/h1-5,8-10,12-13,17,19,25,28H,6-7,11,14-16H2/t25-/m0/s1. The summed E-state index contributed by atoms with van der Waals surface area (Å²) < 4.78 is 69.4. The molecule has 1 aliphatic carbocycles. The van der Waals surface area contributed by atoms with Gasteiger partial charge in [-0.2, -0.15) is 13.1 Å². The summed E-state index contributed by atoms with van der Waals surface area (Å²) >= 11 is 12.7. The number of esters is 1. The summed E-state index contributed by atoms with van der Waals surface area (Å²) in [5, 5.41) is 0.510. The third kappa shape index (κ3) is 7.09. The Labute approximate surface area is 246 Å². The molecular weight excluding hydrogens is 601 g/mol. The van der Waals surface area contributed by atoms with Crippen molar-refractivity contribution < 1.29 is 36.2 Å². The molecule has 2 aromatic carbocycles. The van der Waals surface area contributed by atoms with Gasteiger partial charge in [0.2, 0.25) is 10.0 Å². The van der Waals surface area contributed by atoms with Crippen LogP contribution in [-0.4, -0.2) is 50.0 Å². The number of hydrogen-bond donors (Lipinski definition) is 0. The fourth-order valence-corrected chi connectivity index (χ4v) is 6.40. The Kier molecular flexibility index (Phi) is 8.98. The predicted molar refractivity (Wildman–Crippen MR) is 147 cm³/mol. The van der Waals surface area contributed by atoms with E-state index in [-0.39, 0.29) is 46.0 Å². The Hall–Kier alpha value is -2.99. The smallest absolute Gasteiger partial charge is 0.387 e. The van der Waals surface area contributed by atoms with Crippen LogP contribution in [0.3, 0.4) is 0 Å². The lowest BCUT2D eigenvalue weighted by Crippen LogP contribution is -2.53. The molecule has 2 heterocycles. The minimum Gasteiger partial charge on any atom is -0.489 e. The van der Waals surface area contributed by atoms with Crippen molar-refractivity contribution in [1.82, 2.24) is 9.29 Å². The Morgan fingerprint density at radius 1 is 1.02 bits per heavy atom. The Morgan fingerprint density at radius 2 is 1.71 bits per heavy atom. The van der Waals surface area contributed by atoms with Gasteiger partial charge < -0.3 is 14.2 Å². The highest BCUT2D eigenvalue weighted by molar-refractivity contribution is 7.89. The second-order valence-corrected chi connectivity index (χ2v) is 12.6. The minimum absolute atomic E-state index is 0.0434. The van der Waals surface area contributed by atoms with Gasteiger partial charge in [0.25, 0.3) is 0 Å².